The maximum atomic E-state index is 11.8. The smallest absolute Gasteiger partial charge is 0.258 e. The van der Waals surface area contributed by atoms with Gasteiger partial charge in [0.25, 0.3) is 11.8 Å². The standard InChI is InChI=1S/C13H14N4O3/c18-6-5-14-12(19)9-1-3-11(4-2-9)17-13(20)10-7-15-16-8-10/h1-4,7-8,18H,5-6H2,(H,14,19)(H,15,16)(H,17,20). The summed E-state index contributed by atoms with van der Waals surface area (Å²) in [7, 11) is 0. The van der Waals surface area contributed by atoms with Crippen molar-refractivity contribution >= 4 is 17.5 Å². The number of benzene rings is 1. The Hall–Kier alpha value is -2.67. The molecule has 0 bridgehead atoms. The molecule has 7 heteroatoms. The van der Waals surface area contributed by atoms with Gasteiger partial charge in [0.15, 0.2) is 0 Å². The van der Waals surface area contributed by atoms with E-state index in [4.69, 9.17) is 5.11 Å². The van der Waals surface area contributed by atoms with Gasteiger partial charge < -0.3 is 15.7 Å². The number of rotatable bonds is 5. The third-order valence-electron chi connectivity index (χ3n) is 2.56. The fraction of sp³-hybridized carbons (Fsp3) is 0.154. The Kier molecular flexibility index (Phi) is 4.46. The largest absolute Gasteiger partial charge is 0.395 e. The molecule has 0 aliphatic carbocycles. The first-order valence-electron chi connectivity index (χ1n) is 6.00. The third kappa shape index (κ3) is 3.42. The highest BCUT2D eigenvalue weighted by Gasteiger charge is 2.08. The van der Waals surface area contributed by atoms with Crippen LogP contribution in [0.2, 0.25) is 0 Å². The number of nitrogens with one attached hydrogen (secondary N) is 3. The normalized spacial score (nSPS) is 10.1. The number of carbonyl (C=O) groups excluding carboxylic acids is 2. The molecule has 2 amide bonds. The molecule has 4 N–H and O–H groups in total. The fourth-order valence-corrected chi connectivity index (χ4v) is 1.55. The van der Waals surface area contributed by atoms with E-state index in [9.17, 15) is 9.59 Å². The molecular formula is C13H14N4O3. The van der Waals surface area contributed by atoms with Crippen LogP contribution in [0, 0.1) is 0 Å². The van der Waals surface area contributed by atoms with Crippen LogP contribution in [0.4, 0.5) is 5.69 Å². The Morgan fingerprint density at radius 1 is 1.15 bits per heavy atom. The molecule has 0 fully saturated rings. The summed E-state index contributed by atoms with van der Waals surface area (Å²) in [6, 6.07) is 6.45. The molecule has 104 valence electrons. The van der Waals surface area contributed by atoms with E-state index in [1.165, 1.54) is 12.4 Å². The SMILES string of the molecule is O=C(NCCO)c1ccc(NC(=O)c2cn[nH]c2)cc1. The van der Waals surface area contributed by atoms with Crippen LogP contribution in [-0.4, -0.2) is 40.3 Å². The molecule has 0 saturated heterocycles. The van der Waals surface area contributed by atoms with E-state index in [0.717, 1.165) is 0 Å². The topological polar surface area (TPSA) is 107 Å². The van der Waals surface area contributed by atoms with Crippen LogP contribution in [0.15, 0.2) is 36.7 Å². The number of carbonyl (C=O) groups is 2. The van der Waals surface area contributed by atoms with Gasteiger partial charge in [-0.3, -0.25) is 14.7 Å². The summed E-state index contributed by atoms with van der Waals surface area (Å²) in [5.74, 6) is -0.553. The number of amides is 2. The van der Waals surface area contributed by atoms with Crippen molar-refractivity contribution in [3.63, 3.8) is 0 Å². The first-order valence-corrected chi connectivity index (χ1v) is 6.00. The van der Waals surface area contributed by atoms with E-state index in [0.29, 0.717) is 16.8 Å². The van der Waals surface area contributed by atoms with E-state index in [1.807, 2.05) is 0 Å². The molecule has 7 nitrogen and oxygen atoms in total. The molecule has 1 heterocycles. The number of aliphatic hydroxyl groups excluding tert-OH is 1. The molecule has 1 aromatic heterocycles. The summed E-state index contributed by atoms with van der Waals surface area (Å²) >= 11 is 0. The van der Waals surface area contributed by atoms with Gasteiger partial charge in [-0.25, -0.2) is 0 Å². The van der Waals surface area contributed by atoms with Gasteiger partial charge in [-0.1, -0.05) is 0 Å². The van der Waals surface area contributed by atoms with Crippen molar-refractivity contribution in [1.82, 2.24) is 15.5 Å². The summed E-state index contributed by atoms with van der Waals surface area (Å²) in [6.45, 7) is 0.0996. The monoisotopic (exact) mass is 274 g/mol. The van der Waals surface area contributed by atoms with E-state index < -0.39 is 0 Å². The second kappa shape index (κ2) is 6.48. The van der Waals surface area contributed by atoms with Crippen LogP contribution >= 0.6 is 0 Å². The van der Waals surface area contributed by atoms with Crippen molar-refractivity contribution in [3.05, 3.63) is 47.8 Å². The maximum absolute atomic E-state index is 11.8. The minimum absolute atomic E-state index is 0.107. The Morgan fingerprint density at radius 2 is 1.90 bits per heavy atom. The highest BCUT2D eigenvalue weighted by Crippen LogP contribution is 2.11. The molecule has 20 heavy (non-hydrogen) atoms. The Morgan fingerprint density at radius 3 is 2.50 bits per heavy atom. The molecule has 0 aliphatic rings. The Bertz CT molecular complexity index is 578. The van der Waals surface area contributed by atoms with Crippen molar-refractivity contribution in [3.8, 4) is 0 Å². The molecule has 0 radical (unpaired) electrons. The van der Waals surface area contributed by atoms with Gasteiger partial charge in [-0.15, -0.1) is 0 Å². The number of anilines is 1. The van der Waals surface area contributed by atoms with Crippen molar-refractivity contribution < 1.29 is 14.7 Å². The molecule has 1 aromatic carbocycles. The summed E-state index contributed by atoms with van der Waals surface area (Å²) in [5, 5.41) is 20.1. The molecule has 0 aliphatic heterocycles. The van der Waals surface area contributed by atoms with Crippen LogP contribution < -0.4 is 10.6 Å². The van der Waals surface area contributed by atoms with Crippen LogP contribution in [0.25, 0.3) is 0 Å². The first-order chi connectivity index (χ1) is 9.70. The zero-order valence-corrected chi connectivity index (χ0v) is 10.6. The van der Waals surface area contributed by atoms with Gasteiger partial charge in [0.1, 0.15) is 0 Å². The van der Waals surface area contributed by atoms with Crippen molar-refractivity contribution in [2.75, 3.05) is 18.5 Å². The minimum Gasteiger partial charge on any atom is -0.395 e. The van der Waals surface area contributed by atoms with E-state index in [1.54, 1.807) is 24.3 Å². The molecule has 0 unspecified atom stereocenters. The van der Waals surface area contributed by atoms with Gasteiger partial charge in [-0.05, 0) is 24.3 Å². The van der Waals surface area contributed by atoms with E-state index in [2.05, 4.69) is 20.8 Å². The minimum atomic E-state index is -0.281. The quantitative estimate of drug-likeness (QED) is 0.632. The predicted octanol–water partition coefficient (Wildman–Crippen LogP) is 0.384. The molecule has 2 rings (SSSR count). The second-order valence-corrected chi connectivity index (χ2v) is 4.00. The molecule has 0 atom stereocenters. The second-order valence-electron chi connectivity index (χ2n) is 4.00. The van der Waals surface area contributed by atoms with Crippen LogP contribution in [-0.2, 0) is 0 Å². The van der Waals surface area contributed by atoms with Crippen molar-refractivity contribution in [2.45, 2.75) is 0 Å². The molecule has 0 saturated carbocycles. The van der Waals surface area contributed by atoms with Crippen molar-refractivity contribution in [2.24, 2.45) is 0 Å². The summed E-state index contributed by atoms with van der Waals surface area (Å²) in [4.78, 5) is 23.4. The van der Waals surface area contributed by atoms with Gasteiger partial charge in [0, 0.05) is 24.0 Å². The number of aliphatic hydroxyl groups is 1. The van der Waals surface area contributed by atoms with Gasteiger partial charge >= 0.3 is 0 Å². The zero-order chi connectivity index (χ0) is 14.4. The van der Waals surface area contributed by atoms with Gasteiger partial charge in [0.2, 0.25) is 0 Å². The van der Waals surface area contributed by atoms with Crippen LogP contribution in [0.1, 0.15) is 20.7 Å². The van der Waals surface area contributed by atoms with Crippen LogP contribution in [0.5, 0.6) is 0 Å². The van der Waals surface area contributed by atoms with E-state index >= 15 is 0 Å². The number of H-pyrrole nitrogens is 1. The Balaban J connectivity index is 1.98. The number of hydrogen-bond donors (Lipinski definition) is 4. The average Bonchev–Trinajstić information content (AvgIpc) is 3.00. The fourth-order valence-electron chi connectivity index (χ4n) is 1.55. The molecule has 0 spiro atoms. The average molecular weight is 274 g/mol. The lowest BCUT2D eigenvalue weighted by molar-refractivity contribution is 0.0944. The Labute approximate surface area is 115 Å². The summed E-state index contributed by atoms with van der Waals surface area (Å²) in [5.41, 5.74) is 1.46. The number of hydrogen-bond acceptors (Lipinski definition) is 4. The number of aromatic nitrogens is 2. The van der Waals surface area contributed by atoms with Gasteiger partial charge in [0.05, 0.1) is 18.4 Å². The number of nitrogens with zero attached hydrogens (tertiary/aromatic N) is 1. The van der Waals surface area contributed by atoms with E-state index in [-0.39, 0.29) is 25.0 Å². The predicted molar refractivity (Wildman–Crippen MR) is 72.4 cm³/mol. The first kappa shape index (κ1) is 13.8. The van der Waals surface area contributed by atoms with Crippen LogP contribution in [0.3, 0.4) is 0 Å². The molecule has 2 aromatic rings. The third-order valence-corrected chi connectivity index (χ3v) is 2.56. The molecular weight excluding hydrogens is 260 g/mol. The lowest BCUT2D eigenvalue weighted by Crippen LogP contribution is -2.26. The highest BCUT2D eigenvalue weighted by molar-refractivity contribution is 6.04. The lowest BCUT2D eigenvalue weighted by Gasteiger charge is -2.06. The summed E-state index contributed by atoms with van der Waals surface area (Å²) < 4.78 is 0. The lowest BCUT2D eigenvalue weighted by atomic mass is 10.2. The van der Waals surface area contributed by atoms with Crippen molar-refractivity contribution in [1.29, 1.82) is 0 Å². The number of aromatic amines is 1. The highest BCUT2D eigenvalue weighted by atomic mass is 16.3. The summed E-state index contributed by atoms with van der Waals surface area (Å²) in [6.07, 6.45) is 2.91. The zero-order valence-electron chi connectivity index (χ0n) is 10.6. The van der Waals surface area contributed by atoms with Gasteiger partial charge in [-0.2, -0.15) is 5.10 Å². The maximum Gasteiger partial charge on any atom is 0.258 e.